The number of hydrogen-bond donors (Lipinski definition) is 1. The van der Waals surface area contributed by atoms with E-state index in [4.69, 9.17) is 0 Å². The minimum absolute atomic E-state index is 0.999. The van der Waals surface area contributed by atoms with Crippen LogP contribution < -0.4 is 0 Å². The molecule has 0 unspecified atom stereocenters. The fourth-order valence-electron chi connectivity index (χ4n) is 1.98. The largest absolute Gasteiger partial charge is 0.361 e. The lowest BCUT2D eigenvalue weighted by molar-refractivity contribution is 1.32. The van der Waals surface area contributed by atoms with E-state index >= 15 is 0 Å². The Labute approximate surface area is 100 Å². The Hall–Kier alpha value is -2.35. The Morgan fingerprint density at radius 1 is 1.00 bits per heavy atom. The molecule has 1 aromatic heterocycles. The van der Waals surface area contributed by atoms with Gasteiger partial charge in [-0.2, -0.15) is 0 Å². The molecule has 2 nitrogen and oxygen atoms in total. The molecule has 0 saturated heterocycles. The number of rotatable bonds is 2. The first-order valence-corrected chi connectivity index (χ1v) is 5.59. The second kappa shape index (κ2) is 4.26. The van der Waals surface area contributed by atoms with Gasteiger partial charge in [0, 0.05) is 23.7 Å². The third kappa shape index (κ3) is 1.85. The average molecular weight is 220 g/mol. The van der Waals surface area contributed by atoms with E-state index in [0.717, 1.165) is 17.0 Å². The summed E-state index contributed by atoms with van der Waals surface area (Å²) in [6.07, 6.45) is 7.74. The van der Waals surface area contributed by atoms with Gasteiger partial charge in [-0.25, -0.2) is 0 Å². The fraction of sp³-hybridized carbons (Fsp3) is 0. The maximum atomic E-state index is 4.39. The molecule has 0 saturated carbocycles. The van der Waals surface area contributed by atoms with Crippen molar-refractivity contribution < 1.29 is 0 Å². The summed E-state index contributed by atoms with van der Waals surface area (Å²) in [5.41, 5.74) is 4.41. The topological polar surface area (TPSA) is 28.1 Å². The quantitative estimate of drug-likeness (QED) is 0.803. The van der Waals surface area contributed by atoms with Crippen LogP contribution in [0.25, 0.3) is 5.57 Å². The van der Waals surface area contributed by atoms with Gasteiger partial charge in [-0.15, -0.1) is 0 Å². The Bertz CT molecular complexity index is 573. The van der Waals surface area contributed by atoms with Crippen LogP contribution in [0.5, 0.6) is 0 Å². The highest BCUT2D eigenvalue weighted by Gasteiger charge is 2.11. The highest BCUT2D eigenvalue weighted by atomic mass is 14.8. The van der Waals surface area contributed by atoms with Crippen molar-refractivity contribution in [2.75, 3.05) is 0 Å². The van der Waals surface area contributed by atoms with Crippen LogP contribution in [0, 0.1) is 0 Å². The molecule has 1 aliphatic heterocycles. The Morgan fingerprint density at radius 3 is 2.53 bits per heavy atom. The van der Waals surface area contributed by atoms with Crippen molar-refractivity contribution in [3.63, 3.8) is 0 Å². The number of H-pyrrole nitrogens is 1. The minimum Gasteiger partial charge on any atom is -0.361 e. The molecular formula is C15H12N2. The van der Waals surface area contributed by atoms with Crippen LogP contribution in [-0.2, 0) is 0 Å². The van der Waals surface area contributed by atoms with Gasteiger partial charge in [0.05, 0.1) is 5.70 Å². The minimum atomic E-state index is 0.999. The number of nitrogens with one attached hydrogen (secondary N) is 1. The third-order valence-electron chi connectivity index (χ3n) is 2.74. The lowest BCUT2D eigenvalue weighted by Crippen LogP contribution is -1.91. The lowest BCUT2D eigenvalue weighted by atomic mass is 10.0. The Kier molecular flexibility index (Phi) is 2.47. The summed E-state index contributed by atoms with van der Waals surface area (Å²) < 4.78 is 0. The smallest absolute Gasteiger partial charge is 0.0729 e. The standard InChI is InChI=1S/C15H12N2/c1-2-6-12(7-3-1)15(13-8-4-10-16-13)14-9-5-11-17-14/h1-11,16H/b15-14+. The van der Waals surface area contributed by atoms with Crippen LogP contribution in [0.1, 0.15) is 11.3 Å². The maximum absolute atomic E-state index is 4.39. The van der Waals surface area contributed by atoms with E-state index in [0.29, 0.717) is 0 Å². The first kappa shape index (κ1) is 9.85. The van der Waals surface area contributed by atoms with Crippen LogP contribution >= 0.6 is 0 Å². The summed E-state index contributed by atoms with van der Waals surface area (Å²) in [6.45, 7) is 0. The zero-order chi connectivity index (χ0) is 11.5. The molecule has 0 bridgehead atoms. The molecule has 0 spiro atoms. The number of benzene rings is 1. The van der Waals surface area contributed by atoms with Gasteiger partial charge in [0.2, 0.25) is 0 Å². The van der Waals surface area contributed by atoms with E-state index in [1.807, 2.05) is 48.8 Å². The van der Waals surface area contributed by atoms with Crippen LogP contribution in [0.3, 0.4) is 0 Å². The number of nitrogens with zero attached hydrogens (tertiary/aromatic N) is 1. The molecule has 0 fully saturated rings. The van der Waals surface area contributed by atoms with E-state index in [1.165, 1.54) is 5.56 Å². The number of aliphatic imine (C=N–C) groups is 1. The van der Waals surface area contributed by atoms with Crippen molar-refractivity contribution in [3.8, 4) is 0 Å². The van der Waals surface area contributed by atoms with E-state index < -0.39 is 0 Å². The molecule has 1 aromatic carbocycles. The molecule has 0 radical (unpaired) electrons. The van der Waals surface area contributed by atoms with Gasteiger partial charge in [-0.1, -0.05) is 30.3 Å². The molecule has 1 aliphatic rings. The second-order valence-electron chi connectivity index (χ2n) is 3.85. The lowest BCUT2D eigenvalue weighted by Gasteiger charge is -2.07. The van der Waals surface area contributed by atoms with Crippen molar-refractivity contribution >= 4 is 11.8 Å². The number of aromatic nitrogens is 1. The summed E-state index contributed by atoms with van der Waals surface area (Å²) >= 11 is 0. The molecule has 17 heavy (non-hydrogen) atoms. The molecule has 0 amide bonds. The summed E-state index contributed by atoms with van der Waals surface area (Å²) in [5, 5.41) is 0. The molecule has 0 atom stereocenters. The highest BCUT2D eigenvalue weighted by Crippen LogP contribution is 2.28. The van der Waals surface area contributed by atoms with Crippen molar-refractivity contribution in [3.05, 3.63) is 77.8 Å². The van der Waals surface area contributed by atoms with Crippen LogP contribution in [-0.4, -0.2) is 11.2 Å². The van der Waals surface area contributed by atoms with Gasteiger partial charge >= 0.3 is 0 Å². The highest BCUT2D eigenvalue weighted by molar-refractivity contribution is 5.88. The first-order chi connectivity index (χ1) is 8.45. The van der Waals surface area contributed by atoms with Crippen LogP contribution in [0.15, 0.2) is 71.5 Å². The SMILES string of the molecule is C1=C/C(=C(/c2ccccc2)c2ccc[nH]2)N=C1. The van der Waals surface area contributed by atoms with Crippen molar-refractivity contribution in [2.24, 2.45) is 4.99 Å². The predicted molar refractivity (Wildman–Crippen MR) is 70.9 cm³/mol. The maximum Gasteiger partial charge on any atom is 0.0729 e. The molecule has 1 N–H and O–H groups in total. The summed E-state index contributed by atoms with van der Waals surface area (Å²) in [7, 11) is 0. The normalized spacial score (nSPS) is 16.5. The predicted octanol–water partition coefficient (Wildman–Crippen LogP) is 3.41. The van der Waals surface area contributed by atoms with Gasteiger partial charge in [0.15, 0.2) is 0 Å². The molecule has 0 aliphatic carbocycles. The van der Waals surface area contributed by atoms with E-state index in [9.17, 15) is 0 Å². The van der Waals surface area contributed by atoms with Crippen molar-refractivity contribution in [1.29, 1.82) is 0 Å². The van der Waals surface area contributed by atoms with Crippen molar-refractivity contribution in [2.45, 2.75) is 0 Å². The van der Waals surface area contributed by atoms with Gasteiger partial charge in [0.1, 0.15) is 0 Å². The second-order valence-corrected chi connectivity index (χ2v) is 3.85. The van der Waals surface area contributed by atoms with Crippen LogP contribution in [0.4, 0.5) is 0 Å². The molecule has 2 heteroatoms. The van der Waals surface area contributed by atoms with Gasteiger partial charge in [-0.05, 0) is 29.8 Å². The Morgan fingerprint density at radius 2 is 1.88 bits per heavy atom. The monoisotopic (exact) mass is 220 g/mol. The molecule has 2 heterocycles. The first-order valence-electron chi connectivity index (χ1n) is 5.59. The zero-order valence-electron chi connectivity index (χ0n) is 9.30. The summed E-state index contributed by atoms with van der Waals surface area (Å²) in [5.74, 6) is 0. The van der Waals surface area contributed by atoms with Gasteiger partial charge in [0.25, 0.3) is 0 Å². The number of aromatic amines is 1. The zero-order valence-corrected chi connectivity index (χ0v) is 9.30. The van der Waals surface area contributed by atoms with Crippen LogP contribution in [0.2, 0.25) is 0 Å². The molecule has 82 valence electrons. The van der Waals surface area contributed by atoms with E-state index in [-0.39, 0.29) is 0 Å². The summed E-state index contributed by atoms with van der Waals surface area (Å²) in [4.78, 5) is 7.64. The van der Waals surface area contributed by atoms with E-state index in [2.05, 4.69) is 28.2 Å². The number of allylic oxidation sites excluding steroid dienone is 2. The van der Waals surface area contributed by atoms with E-state index in [1.54, 1.807) is 0 Å². The molecule has 2 aromatic rings. The molecule has 3 rings (SSSR count). The van der Waals surface area contributed by atoms with Gasteiger partial charge in [-0.3, -0.25) is 4.99 Å². The van der Waals surface area contributed by atoms with Crippen molar-refractivity contribution in [1.82, 2.24) is 4.98 Å². The Balaban J connectivity index is 2.20. The molecular weight excluding hydrogens is 208 g/mol. The number of hydrogen-bond acceptors (Lipinski definition) is 1. The fourth-order valence-corrected chi connectivity index (χ4v) is 1.98. The summed E-state index contributed by atoms with van der Waals surface area (Å²) in [6, 6.07) is 14.4. The average Bonchev–Trinajstić information content (AvgIpc) is 3.04. The van der Waals surface area contributed by atoms with Gasteiger partial charge < -0.3 is 4.98 Å². The third-order valence-corrected chi connectivity index (χ3v) is 2.74.